The molecule has 0 aromatic carbocycles. The first-order chi connectivity index (χ1) is 11.7. The molecule has 2 heterocycles. The molecule has 146 valence electrons. The summed E-state index contributed by atoms with van der Waals surface area (Å²) in [5.41, 5.74) is -1.01. The summed E-state index contributed by atoms with van der Waals surface area (Å²) in [7, 11) is 0. The zero-order valence-corrected chi connectivity index (χ0v) is 14.6. The molecule has 0 saturated carbocycles. The predicted molar refractivity (Wildman–Crippen MR) is 85.3 cm³/mol. The van der Waals surface area contributed by atoms with E-state index >= 15 is 0 Å². The van der Waals surface area contributed by atoms with Gasteiger partial charge in [0.25, 0.3) is 0 Å². The molecule has 0 aromatic rings. The van der Waals surface area contributed by atoms with Gasteiger partial charge in [0.2, 0.25) is 5.91 Å². The maximum Gasteiger partial charge on any atom is 0.217 e. The molecule has 7 N–H and O–H groups in total. The van der Waals surface area contributed by atoms with E-state index in [1.165, 1.54) is 6.92 Å². The Bertz CT molecular complexity index is 470. The van der Waals surface area contributed by atoms with E-state index in [-0.39, 0.29) is 0 Å². The van der Waals surface area contributed by atoms with Crippen molar-refractivity contribution in [2.45, 2.75) is 73.5 Å². The number of aliphatic hydroxyl groups excluding tert-OH is 6. The number of rotatable bonds is 4. The number of carbonyl (C=O) groups is 1. The highest BCUT2D eigenvalue weighted by molar-refractivity contribution is 8.00. The van der Waals surface area contributed by atoms with Crippen molar-refractivity contribution in [3.63, 3.8) is 0 Å². The van der Waals surface area contributed by atoms with Crippen LogP contribution in [0.2, 0.25) is 0 Å². The van der Waals surface area contributed by atoms with Gasteiger partial charge in [0.05, 0.1) is 12.7 Å². The smallest absolute Gasteiger partial charge is 0.217 e. The van der Waals surface area contributed by atoms with Gasteiger partial charge in [0.15, 0.2) is 6.29 Å². The second-order valence-electron chi connectivity index (χ2n) is 6.25. The van der Waals surface area contributed by atoms with E-state index in [9.17, 15) is 35.4 Å². The number of carbonyl (C=O) groups excluding carboxylic acids is 1. The molecule has 0 spiro atoms. The molecule has 0 aliphatic carbocycles. The quantitative estimate of drug-likeness (QED) is 0.258. The van der Waals surface area contributed by atoms with Crippen molar-refractivity contribution in [1.82, 2.24) is 5.32 Å². The fourth-order valence-corrected chi connectivity index (χ4v) is 4.18. The molecule has 0 radical (unpaired) electrons. The number of amides is 1. The third-order valence-corrected chi connectivity index (χ3v) is 5.71. The number of hydrogen-bond acceptors (Lipinski definition) is 10. The van der Waals surface area contributed by atoms with E-state index in [4.69, 9.17) is 9.47 Å². The Hall–Kier alpha value is -0.500. The first-order valence-electron chi connectivity index (χ1n) is 7.92. The molecule has 2 fully saturated rings. The molecule has 10 atom stereocenters. The van der Waals surface area contributed by atoms with Crippen LogP contribution in [0.1, 0.15) is 13.8 Å². The van der Waals surface area contributed by atoms with Gasteiger partial charge in [-0.25, -0.2) is 0 Å². The van der Waals surface area contributed by atoms with Gasteiger partial charge in [-0.15, -0.1) is 11.8 Å². The first kappa shape index (κ1) is 20.8. The molecule has 10 nitrogen and oxygen atoms in total. The lowest BCUT2D eigenvalue weighted by atomic mass is 9.96. The lowest BCUT2D eigenvalue weighted by Crippen LogP contribution is -2.66. The van der Waals surface area contributed by atoms with Crippen molar-refractivity contribution in [3.8, 4) is 0 Å². The molecule has 2 rings (SSSR count). The Morgan fingerprint density at radius 1 is 1.12 bits per heavy atom. The molecule has 1 amide bonds. The molecular formula is C14H25NO9S. The second kappa shape index (κ2) is 8.46. The van der Waals surface area contributed by atoms with Gasteiger partial charge in [0.1, 0.15) is 42.0 Å². The number of thioether (sulfide) groups is 1. The van der Waals surface area contributed by atoms with Gasteiger partial charge in [-0.2, -0.15) is 0 Å². The average Bonchev–Trinajstić information content (AvgIpc) is 2.56. The van der Waals surface area contributed by atoms with Gasteiger partial charge >= 0.3 is 0 Å². The Labute approximate surface area is 148 Å². The second-order valence-corrected chi connectivity index (χ2v) is 7.73. The van der Waals surface area contributed by atoms with Crippen molar-refractivity contribution in [3.05, 3.63) is 0 Å². The summed E-state index contributed by atoms with van der Waals surface area (Å²) in [6.07, 6.45) is -9.30. The monoisotopic (exact) mass is 383 g/mol. The summed E-state index contributed by atoms with van der Waals surface area (Å²) >= 11 is 1.05. The van der Waals surface area contributed by atoms with Crippen LogP contribution >= 0.6 is 11.8 Å². The third kappa shape index (κ3) is 4.43. The normalized spacial score (nSPS) is 48.2. The zero-order chi connectivity index (χ0) is 18.9. The summed E-state index contributed by atoms with van der Waals surface area (Å²) in [5, 5.41) is 61.5. The molecule has 2 aliphatic rings. The summed E-state index contributed by atoms with van der Waals surface area (Å²) in [6, 6.07) is -1.19. The topological polar surface area (TPSA) is 169 Å². The van der Waals surface area contributed by atoms with Gasteiger partial charge in [-0.3, -0.25) is 4.79 Å². The van der Waals surface area contributed by atoms with Crippen LogP contribution in [0.4, 0.5) is 0 Å². The fourth-order valence-electron chi connectivity index (χ4n) is 2.92. The molecule has 2 aliphatic heterocycles. The molecule has 0 bridgehead atoms. The molecule has 2 saturated heterocycles. The molecule has 1 unspecified atom stereocenters. The standard InChI is InChI=1S/C14H25NO9S/c1-4-8(18)10(20)11(21)14(25-4)24-12-6(3-16)23-13(22)7(9(12)19)15-5(2)17/h4,6-14,16,18-22H,3H2,1-2H3,(H,15,17)/t4-,6+,7+,8+,9+,10+,11-,12+,13?,14+/m0/s1. The van der Waals surface area contributed by atoms with Gasteiger partial charge in [0, 0.05) is 12.2 Å². The minimum atomic E-state index is -1.55. The number of aliphatic hydroxyl groups is 6. The van der Waals surface area contributed by atoms with Crippen LogP contribution in [0, 0.1) is 0 Å². The van der Waals surface area contributed by atoms with E-state index in [0.717, 1.165) is 11.8 Å². The Balaban J connectivity index is 2.15. The van der Waals surface area contributed by atoms with Crippen LogP contribution in [0.25, 0.3) is 0 Å². The third-order valence-electron chi connectivity index (χ3n) is 4.34. The van der Waals surface area contributed by atoms with Crippen molar-refractivity contribution < 1.29 is 44.9 Å². The van der Waals surface area contributed by atoms with Crippen LogP contribution in [0.15, 0.2) is 0 Å². The summed E-state index contributed by atoms with van der Waals surface area (Å²) < 4.78 is 10.8. The van der Waals surface area contributed by atoms with E-state index in [0.29, 0.717) is 0 Å². The van der Waals surface area contributed by atoms with Crippen molar-refractivity contribution in [2.75, 3.05) is 6.61 Å². The summed E-state index contributed by atoms with van der Waals surface area (Å²) in [4.78, 5) is 11.2. The van der Waals surface area contributed by atoms with Crippen LogP contribution < -0.4 is 5.32 Å². The highest BCUT2D eigenvalue weighted by Crippen LogP contribution is 2.36. The lowest BCUT2D eigenvalue weighted by molar-refractivity contribution is -0.271. The SMILES string of the molecule is CC(=O)N[C@H]1C(O)O[C@H](CO)[C@@H](O[C@@H]2S[C@@H](C)[C@@H](O)[C@@H](O)[C@@H]2O)[C@@H]1O. The summed E-state index contributed by atoms with van der Waals surface area (Å²) in [6.45, 7) is 2.26. The Morgan fingerprint density at radius 2 is 1.76 bits per heavy atom. The lowest BCUT2D eigenvalue weighted by Gasteiger charge is -2.46. The van der Waals surface area contributed by atoms with E-state index in [1.807, 2.05) is 0 Å². The van der Waals surface area contributed by atoms with Crippen LogP contribution in [-0.4, -0.2) is 103 Å². The average molecular weight is 383 g/mol. The molecular weight excluding hydrogens is 358 g/mol. The Morgan fingerprint density at radius 3 is 2.32 bits per heavy atom. The van der Waals surface area contributed by atoms with Crippen molar-refractivity contribution >= 4 is 17.7 Å². The molecule has 25 heavy (non-hydrogen) atoms. The summed E-state index contributed by atoms with van der Waals surface area (Å²) in [5.74, 6) is -0.507. The first-order valence-corrected chi connectivity index (χ1v) is 8.86. The largest absolute Gasteiger partial charge is 0.394 e. The maximum absolute atomic E-state index is 11.2. The molecule has 11 heteroatoms. The van der Waals surface area contributed by atoms with Crippen LogP contribution in [-0.2, 0) is 14.3 Å². The number of nitrogens with one attached hydrogen (secondary N) is 1. The van der Waals surface area contributed by atoms with E-state index in [1.54, 1.807) is 6.92 Å². The Kier molecular flexibility index (Phi) is 7.04. The highest BCUT2D eigenvalue weighted by atomic mass is 32.2. The maximum atomic E-state index is 11.2. The molecule has 0 aromatic heterocycles. The van der Waals surface area contributed by atoms with Crippen LogP contribution in [0.3, 0.4) is 0 Å². The van der Waals surface area contributed by atoms with E-state index < -0.39 is 72.2 Å². The van der Waals surface area contributed by atoms with Crippen LogP contribution in [0.5, 0.6) is 0 Å². The van der Waals surface area contributed by atoms with Crippen molar-refractivity contribution in [2.24, 2.45) is 0 Å². The minimum absolute atomic E-state index is 0.450. The zero-order valence-electron chi connectivity index (χ0n) is 13.8. The number of hydrogen-bond donors (Lipinski definition) is 7. The van der Waals surface area contributed by atoms with Gasteiger partial charge < -0.3 is 45.4 Å². The minimum Gasteiger partial charge on any atom is -0.394 e. The van der Waals surface area contributed by atoms with E-state index in [2.05, 4.69) is 5.32 Å². The van der Waals surface area contributed by atoms with Gasteiger partial charge in [-0.05, 0) is 0 Å². The van der Waals surface area contributed by atoms with Crippen molar-refractivity contribution in [1.29, 1.82) is 0 Å². The highest BCUT2D eigenvalue weighted by Gasteiger charge is 2.49. The predicted octanol–water partition coefficient (Wildman–Crippen LogP) is -3.51. The van der Waals surface area contributed by atoms with Gasteiger partial charge in [-0.1, -0.05) is 6.92 Å². The number of ether oxygens (including phenoxy) is 2. The fraction of sp³-hybridized carbons (Fsp3) is 0.929.